The molecule has 0 amide bonds. The maximum absolute atomic E-state index is 10.1. The second kappa shape index (κ2) is 5.94. The number of aromatic nitrogens is 4. The third-order valence-corrected chi connectivity index (χ3v) is 3.70. The van der Waals surface area contributed by atoms with Gasteiger partial charge >= 0.3 is 0 Å². The van der Waals surface area contributed by atoms with Gasteiger partial charge in [-0.05, 0) is 18.5 Å². The van der Waals surface area contributed by atoms with Crippen molar-refractivity contribution < 1.29 is 20.1 Å². The number of nitrogens with zero attached hydrogens (tertiary/aromatic N) is 4. The van der Waals surface area contributed by atoms with Gasteiger partial charge in [0, 0.05) is 6.54 Å². The lowest BCUT2D eigenvalue weighted by atomic mass is 10.1. The molecule has 1 aliphatic rings. The van der Waals surface area contributed by atoms with E-state index in [-0.39, 0.29) is 5.28 Å². The molecule has 3 rings (SSSR count). The average Bonchev–Trinajstić information content (AvgIpc) is 3.02. The minimum atomic E-state index is -1.22. The summed E-state index contributed by atoms with van der Waals surface area (Å²) < 4.78 is 6.94. The summed E-state index contributed by atoms with van der Waals surface area (Å²) in [5.74, 6) is 0.475. The molecular formula is C12H16ClN5O4. The first kappa shape index (κ1) is 15.4. The van der Waals surface area contributed by atoms with Gasteiger partial charge in [0.1, 0.15) is 18.3 Å². The maximum Gasteiger partial charge on any atom is 0.226 e. The molecule has 0 saturated carbocycles. The zero-order valence-corrected chi connectivity index (χ0v) is 12.5. The third-order valence-electron chi connectivity index (χ3n) is 3.53. The number of imidazole rings is 1. The zero-order chi connectivity index (χ0) is 15.9. The third kappa shape index (κ3) is 2.40. The van der Waals surface area contributed by atoms with Gasteiger partial charge in [-0.3, -0.25) is 4.57 Å². The Labute approximate surface area is 130 Å². The molecule has 0 radical (unpaired) electrons. The van der Waals surface area contributed by atoms with E-state index in [1.165, 1.54) is 10.9 Å². The van der Waals surface area contributed by atoms with E-state index < -0.39 is 31.1 Å². The lowest BCUT2D eigenvalue weighted by molar-refractivity contribution is -0.0511. The molecule has 4 N–H and O–H groups in total. The van der Waals surface area contributed by atoms with E-state index in [9.17, 15) is 10.2 Å². The molecule has 0 aliphatic carbocycles. The van der Waals surface area contributed by atoms with E-state index in [1.54, 1.807) is 0 Å². The van der Waals surface area contributed by atoms with Crippen molar-refractivity contribution in [2.45, 2.75) is 31.5 Å². The van der Waals surface area contributed by atoms with E-state index in [0.29, 0.717) is 23.5 Å². The first-order chi connectivity index (χ1) is 10.6. The van der Waals surface area contributed by atoms with E-state index in [0.717, 1.165) is 0 Å². The smallest absolute Gasteiger partial charge is 0.226 e. The predicted molar refractivity (Wildman–Crippen MR) is 77.5 cm³/mol. The van der Waals surface area contributed by atoms with Crippen LogP contribution in [0.4, 0.5) is 5.82 Å². The number of fused-ring (bicyclic) bond motifs is 1. The Kier molecular flexibility index (Phi) is 4.15. The lowest BCUT2D eigenvalue weighted by Crippen LogP contribution is -2.33. The Balaban J connectivity index is 2.05. The monoisotopic (exact) mass is 329 g/mol. The molecule has 1 aliphatic heterocycles. The van der Waals surface area contributed by atoms with Crippen molar-refractivity contribution in [2.75, 3.05) is 18.5 Å². The average molecular weight is 330 g/mol. The van der Waals surface area contributed by atoms with Gasteiger partial charge in [-0.15, -0.1) is 0 Å². The number of nitrogens with one attached hydrogen (secondary N) is 1. The molecule has 9 nitrogen and oxygen atoms in total. The van der Waals surface area contributed by atoms with Crippen LogP contribution in [0, 0.1) is 0 Å². The Morgan fingerprint density at radius 2 is 2.14 bits per heavy atom. The van der Waals surface area contributed by atoms with Crippen LogP contribution >= 0.6 is 11.6 Å². The van der Waals surface area contributed by atoms with Crippen LogP contribution in [0.1, 0.15) is 13.2 Å². The van der Waals surface area contributed by atoms with Crippen molar-refractivity contribution in [1.82, 2.24) is 19.5 Å². The van der Waals surface area contributed by atoms with Crippen molar-refractivity contribution in [3.63, 3.8) is 0 Å². The number of halogens is 1. The summed E-state index contributed by atoms with van der Waals surface area (Å²) in [4.78, 5) is 12.4. The summed E-state index contributed by atoms with van der Waals surface area (Å²) in [6.45, 7) is 2.13. The Hall–Kier alpha value is -1.52. The van der Waals surface area contributed by atoms with Gasteiger partial charge in [-0.25, -0.2) is 4.98 Å². The molecule has 0 unspecified atom stereocenters. The van der Waals surface area contributed by atoms with E-state index in [4.69, 9.17) is 21.4 Å². The van der Waals surface area contributed by atoms with Crippen molar-refractivity contribution in [1.29, 1.82) is 0 Å². The molecule has 10 heteroatoms. The number of ether oxygens (including phenoxy) is 1. The Bertz CT molecular complexity index is 681. The molecule has 1 saturated heterocycles. The number of rotatable bonds is 4. The van der Waals surface area contributed by atoms with Crippen LogP contribution in [0.2, 0.25) is 5.28 Å². The molecule has 22 heavy (non-hydrogen) atoms. The number of hydrogen-bond acceptors (Lipinski definition) is 8. The molecule has 120 valence electrons. The van der Waals surface area contributed by atoms with Gasteiger partial charge in [0.15, 0.2) is 23.2 Å². The standard InChI is InChI=1S/C12H16ClN5O4/c1-2-14-9-6-10(17-12(13)16-9)18(4-15-6)11-8(21)7(20)5(3-19)22-11/h4-5,7-8,11,19-21H,2-3H2,1H3,(H,14,16,17)/t5-,7+,8-,11-/m1/s1. The summed E-state index contributed by atoms with van der Waals surface area (Å²) in [6.07, 6.45) is -2.78. The lowest BCUT2D eigenvalue weighted by Gasteiger charge is -2.16. The topological polar surface area (TPSA) is 126 Å². The second-order valence-corrected chi connectivity index (χ2v) is 5.26. The molecule has 4 atom stereocenters. The normalized spacial score (nSPS) is 28.4. The minimum Gasteiger partial charge on any atom is -0.394 e. The summed E-state index contributed by atoms with van der Waals surface area (Å²) >= 11 is 5.92. The van der Waals surface area contributed by atoms with Crippen molar-refractivity contribution in [3.05, 3.63) is 11.6 Å². The molecule has 0 aromatic carbocycles. The number of aliphatic hydroxyl groups is 3. The molecule has 0 spiro atoms. The van der Waals surface area contributed by atoms with E-state index in [2.05, 4.69) is 20.3 Å². The van der Waals surface area contributed by atoms with Crippen LogP contribution in [0.3, 0.4) is 0 Å². The highest BCUT2D eigenvalue weighted by Crippen LogP contribution is 2.32. The van der Waals surface area contributed by atoms with Crippen LogP contribution in [0.15, 0.2) is 6.33 Å². The summed E-state index contributed by atoms with van der Waals surface area (Å²) in [5, 5.41) is 32.2. The number of anilines is 1. The van der Waals surface area contributed by atoms with Crippen molar-refractivity contribution in [3.8, 4) is 0 Å². The maximum atomic E-state index is 10.1. The van der Waals surface area contributed by atoms with Gasteiger partial charge in [0.05, 0.1) is 12.9 Å². The zero-order valence-electron chi connectivity index (χ0n) is 11.7. The fourth-order valence-electron chi connectivity index (χ4n) is 2.48. The molecular weight excluding hydrogens is 314 g/mol. The molecule has 2 aromatic rings. The van der Waals surface area contributed by atoms with Crippen LogP contribution in [0.5, 0.6) is 0 Å². The van der Waals surface area contributed by atoms with Crippen LogP contribution in [-0.4, -0.2) is 66.3 Å². The molecule has 0 bridgehead atoms. The molecule has 1 fully saturated rings. The summed E-state index contributed by atoms with van der Waals surface area (Å²) in [5.41, 5.74) is 0.842. The van der Waals surface area contributed by atoms with Gasteiger partial charge in [-0.1, -0.05) is 0 Å². The second-order valence-electron chi connectivity index (χ2n) is 4.92. The van der Waals surface area contributed by atoms with Crippen LogP contribution in [-0.2, 0) is 4.74 Å². The van der Waals surface area contributed by atoms with Crippen LogP contribution in [0.25, 0.3) is 11.2 Å². The molecule has 2 aromatic heterocycles. The number of aliphatic hydroxyl groups excluding tert-OH is 3. The quantitative estimate of drug-likeness (QED) is 0.554. The van der Waals surface area contributed by atoms with Gasteiger partial charge in [0.2, 0.25) is 5.28 Å². The van der Waals surface area contributed by atoms with Gasteiger partial charge in [0.25, 0.3) is 0 Å². The summed E-state index contributed by atoms with van der Waals surface area (Å²) in [6, 6.07) is 0. The van der Waals surface area contributed by atoms with Gasteiger partial charge in [-0.2, -0.15) is 9.97 Å². The Morgan fingerprint density at radius 1 is 1.36 bits per heavy atom. The first-order valence-electron chi connectivity index (χ1n) is 6.83. The highest BCUT2D eigenvalue weighted by molar-refractivity contribution is 6.28. The van der Waals surface area contributed by atoms with Crippen molar-refractivity contribution in [2.24, 2.45) is 0 Å². The highest BCUT2D eigenvalue weighted by atomic mass is 35.5. The van der Waals surface area contributed by atoms with E-state index in [1.807, 2.05) is 6.92 Å². The summed E-state index contributed by atoms with van der Waals surface area (Å²) in [7, 11) is 0. The van der Waals surface area contributed by atoms with E-state index >= 15 is 0 Å². The SMILES string of the molecule is CCNc1nc(Cl)nc2c1ncn2[C@@H]1O[C@H](CO)[C@H](O)[C@H]1O. The first-order valence-corrected chi connectivity index (χ1v) is 7.21. The fourth-order valence-corrected chi connectivity index (χ4v) is 2.64. The predicted octanol–water partition coefficient (Wildman–Crippen LogP) is -0.477. The fraction of sp³-hybridized carbons (Fsp3) is 0.583. The van der Waals surface area contributed by atoms with Crippen LogP contribution < -0.4 is 5.32 Å². The Morgan fingerprint density at radius 3 is 2.77 bits per heavy atom. The largest absolute Gasteiger partial charge is 0.394 e. The van der Waals surface area contributed by atoms with Gasteiger partial charge < -0.3 is 25.4 Å². The molecule has 3 heterocycles. The highest BCUT2D eigenvalue weighted by Gasteiger charge is 2.44. The minimum absolute atomic E-state index is 0.0249. The van der Waals surface area contributed by atoms with Crippen molar-refractivity contribution >= 4 is 28.6 Å². The number of hydrogen-bond donors (Lipinski definition) is 4.